The first-order valence-electron chi connectivity index (χ1n) is 8.18. The number of carbonyl (C=O) groups is 2. The number of methoxy groups -OCH3 is 2. The number of hydrogen-bond acceptors (Lipinski definition) is 7. The highest BCUT2D eigenvalue weighted by atomic mass is 16.5. The number of rotatable bonds is 3. The zero-order chi connectivity index (χ0) is 19.1. The van der Waals surface area contributed by atoms with E-state index >= 15 is 0 Å². The number of ether oxygens (including phenoxy) is 2. The molecule has 1 aromatic rings. The van der Waals surface area contributed by atoms with Crippen molar-refractivity contribution in [3.63, 3.8) is 0 Å². The van der Waals surface area contributed by atoms with Gasteiger partial charge in [-0.05, 0) is 6.42 Å². The Bertz CT molecular complexity index is 825. The summed E-state index contributed by atoms with van der Waals surface area (Å²) in [4.78, 5) is 34.7. The number of hydrogen-bond donors (Lipinski definition) is 0. The van der Waals surface area contributed by atoms with E-state index in [0.717, 1.165) is 0 Å². The number of allylic oxidation sites excluding steroid dienone is 1. The smallest absolute Gasteiger partial charge is 0.320 e. The highest BCUT2D eigenvalue weighted by molar-refractivity contribution is 6.04. The zero-order valence-corrected chi connectivity index (χ0v) is 15.2. The first-order valence-corrected chi connectivity index (χ1v) is 8.18. The molecule has 0 saturated carbocycles. The predicted octanol–water partition coefficient (Wildman–Crippen LogP) is 1.38. The average molecular weight is 356 g/mol. The van der Waals surface area contributed by atoms with Crippen molar-refractivity contribution in [2.75, 3.05) is 27.3 Å². The summed E-state index contributed by atoms with van der Waals surface area (Å²) in [7, 11) is 2.86. The monoisotopic (exact) mass is 356 g/mol. The lowest BCUT2D eigenvalue weighted by Crippen LogP contribution is -2.61. The molecule has 1 fully saturated rings. The quantitative estimate of drug-likeness (QED) is 0.805. The fraction of sp³-hybridized carbons (Fsp3) is 0.500. The maximum absolute atomic E-state index is 12.7. The van der Waals surface area contributed by atoms with Crippen molar-refractivity contribution in [3.05, 3.63) is 23.4 Å². The van der Waals surface area contributed by atoms with Gasteiger partial charge in [0.15, 0.2) is 5.78 Å². The van der Waals surface area contributed by atoms with Crippen LogP contribution in [0.1, 0.15) is 30.8 Å². The number of carbonyl (C=O) groups excluding carboxylic acids is 2. The molecule has 8 nitrogen and oxygen atoms in total. The number of likely N-dealkylation sites (tertiary alicyclic amines) is 1. The second-order valence-corrected chi connectivity index (χ2v) is 7.37. The molecule has 0 N–H and O–H groups in total. The van der Waals surface area contributed by atoms with Gasteiger partial charge < -0.3 is 14.4 Å². The van der Waals surface area contributed by atoms with Crippen molar-refractivity contribution in [3.8, 4) is 18.0 Å². The van der Waals surface area contributed by atoms with Crippen LogP contribution in [0.2, 0.25) is 0 Å². The summed E-state index contributed by atoms with van der Waals surface area (Å²) in [6.45, 7) is 4.54. The van der Waals surface area contributed by atoms with E-state index in [9.17, 15) is 14.9 Å². The topological polar surface area (TPSA) is 105 Å². The van der Waals surface area contributed by atoms with Crippen molar-refractivity contribution in [2.24, 2.45) is 10.8 Å². The molecule has 0 unspecified atom stereocenters. The summed E-state index contributed by atoms with van der Waals surface area (Å²) in [5.74, 6) is -0.164. The van der Waals surface area contributed by atoms with Crippen LogP contribution in [0.25, 0.3) is 0 Å². The van der Waals surface area contributed by atoms with E-state index in [2.05, 4.69) is 9.97 Å². The largest absolute Gasteiger partial charge is 0.481 e. The fourth-order valence-electron chi connectivity index (χ4n) is 3.76. The molecular formula is C18H20N4O4. The average Bonchev–Trinajstić information content (AvgIpc) is 2.60. The van der Waals surface area contributed by atoms with Gasteiger partial charge in [0.25, 0.3) is 5.91 Å². The normalized spacial score (nSPS) is 20.0. The van der Waals surface area contributed by atoms with Gasteiger partial charge >= 0.3 is 6.01 Å². The molecule has 136 valence electrons. The summed E-state index contributed by atoms with van der Waals surface area (Å²) in [5, 5.41) is 9.25. The maximum Gasteiger partial charge on any atom is 0.320 e. The minimum Gasteiger partial charge on any atom is -0.481 e. The number of amides is 1. The Balaban J connectivity index is 1.82. The van der Waals surface area contributed by atoms with Crippen LogP contribution in [0.3, 0.4) is 0 Å². The van der Waals surface area contributed by atoms with Gasteiger partial charge in [-0.1, -0.05) is 19.9 Å². The fourth-order valence-corrected chi connectivity index (χ4v) is 3.76. The molecule has 26 heavy (non-hydrogen) atoms. The number of nitrogens with zero attached hydrogens (tertiary/aromatic N) is 4. The molecular weight excluding hydrogens is 336 g/mol. The van der Waals surface area contributed by atoms with E-state index < -0.39 is 5.41 Å². The molecule has 1 aromatic heterocycles. The molecule has 0 aromatic carbocycles. The van der Waals surface area contributed by atoms with Crippen LogP contribution in [0, 0.1) is 22.2 Å². The van der Waals surface area contributed by atoms with Gasteiger partial charge in [-0.15, -0.1) is 0 Å². The second-order valence-electron chi connectivity index (χ2n) is 7.37. The number of nitriles is 1. The van der Waals surface area contributed by atoms with E-state index in [0.29, 0.717) is 19.5 Å². The van der Waals surface area contributed by atoms with Crippen molar-refractivity contribution in [1.82, 2.24) is 14.9 Å². The van der Waals surface area contributed by atoms with Crippen LogP contribution in [-0.4, -0.2) is 53.9 Å². The van der Waals surface area contributed by atoms with Crippen LogP contribution >= 0.6 is 0 Å². The Hall–Kier alpha value is -2.95. The Kier molecular flexibility index (Phi) is 4.18. The summed E-state index contributed by atoms with van der Waals surface area (Å²) < 4.78 is 10.1. The van der Waals surface area contributed by atoms with Gasteiger partial charge in [0.05, 0.1) is 19.8 Å². The first kappa shape index (κ1) is 17.9. The van der Waals surface area contributed by atoms with Gasteiger partial charge in [0.2, 0.25) is 5.88 Å². The third-order valence-electron chi connectivity index (χ3n) is 4.82. The van der Waals surface area contributed by atoms with Crippen molar-refractivity contribution in [2.45, 2.75) is 20.3 Å². The third-order valence-corrected chi connectivity index (χ3v) is 4.82. The Morgan fingerprint density at radius 3 is 2.54 bits per heavy atom. The second kappa shape index (κ2) is 6.09. The Morgan fingerprint density at radius 1 is 1.27 bits per heavy atom. The molecule has 1 aliphatic carbocycles. The Morgan fingerprint density at radius 2 is 1.96 bits per heavy atom. The summed E-state index contributed by atoms with van der Waals surface area (Å²) in [6, 6.07) is 3.51. The molecule has 0 bridgehead atoms. The van der Waals surface area contributed by atoms with Gasteiger partial charge in [-0.25, -0.2) is 0 Å². The molecule has 3 rings (SSSR count). The van der Waals surface area contributed by atoms with E-state index in [1.54, 1.807) is 11.0 Å². The lowest BCUT2D eigenvalue weighted by Gasteiger charge is -2.53. The first-order chi connectivity index (χ1) is 12.2. The molecule has 1 spiro atoms. The van der Waals surface area contributed by atoms with Gasteiger partial charge in [-0.3, -0.25) is 9.59 Å². The van der Waals surface area contributed by atoms with E-state index in [1.807, 2.05) is 19.9 Å². The van der Waals surface area contributed by atoms with E-state index in [-0.39, 0.29) is 40.3 Å². The van der Waals surface area contributed by atoms with Crippen molar-refractivity contribution < 1.29 is 19.1 Å². The maximum atomic E-state index is 12.7. The van der Waals surface area contributed by atoms with E-state index in [4.69, 9.17) is 9.47 Å². The number of ketones is 1. The van der Waals surface area contributed by atoms with E-state index in [1.165, 1.54) is 20.3 Å². The molecule has 2 aliphatic rings. The van der Waals surface area contributed by atoms with Crippen LogP contribution in [0.15, 0.2) is 17.7 Å². The van der Waals surface area contributed by atoms with Gasteiger partial charge in [0.1, 0.15) is 11.8 Å². The molecule has 0 atom stereocenters. The minimum atomic E-state index is -0.615. The molecule has 1 amide bonds. The summed E-state index contributed by atoms with van der Waals surface area (Å²) in [6.07, 6.45) is 2.33. The van der Waals surface area contributed by atoms with Crippen LogP contribution in [0.4, 0.5) is 0 Å². The predicted molar refractivity (Wildman–Crippen MR) is 90.6 cm³/mol. The molecule has 2 heterocycles. The molecule has 1 saturated heterocycles. The SMILES string of the molecule is COc1cc(C(=O)N2CC3(C=C(C#N)C(=O)C(C)(C)C3)C2)nc(OC)n1. The summed E-state index contributed by atoms with van der Waals surface area (Å²) >= 11 is 0. The van der Waals surface area contributed by atoms with Gasteiger partial charge in [0, 0.05) is 30.0 Å². The third kappa shape index (κ3) is 2.90. The van der Waals surface area contributed by atoms with Crippen LogP contribution in [-0.2, 0) is 4.79 Å². The minimum absolute atomic E-state index is 0.0546. The van der Waals surface area contributed by atoms with Crippen molar-refractivity contribution in [1.29, 1.82) is 5.26 Å². The Labute approximate surface area is 151 Å². The number of aromatic nitrogens is 2. The van der Waals surface area contributed by atoms with Crippen LogP contribution < -0.4 is 9.47 Å². The lowest BCUT2D eigenvalue weighted by molar-refractivity contribution is -0.127. The summed E-state index contributed by atoms with van der Waals surface area (Å²) in [5.41, 5.74) is -0.603. The molecule has 0 radical (unpaired) electrons. The van der Waals surface area contributed by atoms with Crippen LogP contribution in [0.5, 0.6) is 11.9 Å². The standard InChI is InChI=1S/C18H20N4O4/c1-17(2)8-18(6-11(7-19)14(17)23)9-22(10-18)15(24)12-5-13(25-3)21-16(20-12)26-4/h5-6H,8-10H2,1-4H3. The van der Waals surface area contributed by atoms with Gasteiger partial charge in [-0.2, -0.15) is 15.2 Å². The highest BCUT2D eigenvalue weighted by Gasteiger charge is 2.52. The molecule has 1 aliphatic heterocycles. The van der Waals surface area contributed by atoms with Crippen molar-refractivity contribution >= 4 is 11.7 Å². The highest BCUT2D eigenvalue weighted by Crippen LogP contribution is 2.48. The molecule has 8 heteroatoms. The number of Topliss-reactive ketones (excluding diaryl/α,β-unsaturated/α-hetero) is 1. The lowest BCUT2D eigenvalue weighted by atomic mass is 9.61. The zero-order valence-electron chi connectivity index (χ0n) is 15.2.